The van der Waals surface area contributed by atoms with Gasteiger partial charge in [0.1, 0.15) is 17.8 Å². The summed E-state index contributed by atoms with van der Waals surface area (Å²) in [4.78, 5) is 39.2. The predicted octanol–water partition coefficient (Wildman–Crippen LogP) is 2.70. The van der Waals surface area contributed by atoms with Crippen LogP contribution in [0.25, 0.3) is 0 Å². The molecule has 31 heavy (non-hydrogen) atoms. The molecule has 2 fully saturated rings. The summed E-state index contributed by atoms with van der Waals surface area (Å²) in [5.74, 6) is -0.132. The average molecular weight is 421 g/mol. The second-order valence-corrected chi connectivity index (χ2v) is 8.45. The number of hydrogen-bond donors (Lipinski definition) is 2. The van der Waals surface area contributed by atoms with Gasteiger partial charge in [-0.2, -0.15) is 0 Å². The van der Waals surface area contributed by atoms with Gasteiger partial charge in [0, 0.05) is 12.0 Å². The number of nitrogens with zero attached hydrogens (tertiary/aromatic N) is 1. The zero-order valence-electron chi connectivity index (χ0n) is 17.8. The number of hydrogen-bond acceptors (Lipinski definition) is 4. The number of nitrogens with one attached hydrogen (secondary N) is 2. The molecule has 2 aliphatic rings. The van der Waals surface area contributed by atoms with Crippen LogP contribution < -0.4 is 15.4 Å². The third kappa shape index (κ3) is 3.76. The highest BCUT2D eigenvalue weighted by Gasteiger charge is 2.49. The molecule has 0 bridgehead atoms. The Balaban J connectivity index is 1.41. The van der Waals surface area contributed by atoms with Crippen LogP contribution in [0.2, 0.25) is 0 Å². The number of carbonyl (C=O) groups is 3. The minimum absolute atomic E-state index is 0.0637. The molecular weight excluding hydrogens is 394 g/mol. The Labute approximate surface area is 181 Å². The minimum atomic E-state index is -1.22. The zero-order valence-corrected chi connectivity index (χ0v) is 17.8. The van der Waals surface area contributed by atoms with Crippen molar-refractivity contribution in [2.75, 3.05) is 20.2 Å². The smallest absolute Gasteiger partial charge is 0.325 e. The van der Waals surface area contributed by atoms with Crippen LogP contribution in [0.5, 0.6) is 5.75 Å². The summed E-state index contributed by atoms with van der Waals surface area (Å²) in [5.41, 5.74) is 0.560. The number of methoxy groups -OCH3 is 1. The fourth-order valence-electron chi connectivity index (χ4n) is 4.39. The number of benzene rings is 2. The lowest BCUT2D eigenvalue weighted by molar-refractivity contribution is -0.134. The third-order valence-electron chi connectivity index (χ3n) is 6.56. The van der Waals surface area contributed by atoms with Gasteiger partial charge in [-0.15, -0.1) is 0 Å². The highest BCUT2D eigenvalue weighted by molar-refractivity contribution is 6.09. The molecule has 1 aliphatic carbocycles. The van der Waals surface area contributed by atoms with Crippen LogP contribution in [-0.2, 0) is 20.5 Å². The molecule has 1 heterocycles. The number of rotatable bonds is 7. The molecule has 1 aliphatic heterocycles. The molecule has 2 aromatic rings. The lowest BCUT2D eigenvalue weighted by atomic mass is 9.64. The van der Waals surface area contributed by atoms with Crippen LogP contribution in [0.3, 0.4) is 0 Å². The maximum Gasteiger partial charge on any atom is 0.325 e. The van der Waals surface area contributed by atoms with Gasteiger partial charge in [0.2, 0.25) is 5.91 Å². The summed E-state index contributed by atoms with van der Waals surface area (Å²) in [6, 6.07) is 16.5. The third-order valence-corrected chi connectivity index (χ3v) is 6.56. The van der Waals surface area contributed by atoms with E-state index in [1.165, 1.54) is 5.56 Å². The fourth-order valence-corrected chi connectivity index (χ4v) is 4.39. The molecule has 2 N–H and O–H groups in total. The van der Waals surface area contributed by atoms with Crippen LogP contribution in [-0.4, -0.2) is 42.9 Å². The first-order valence-electron chi connectivity index (χ1n) is 10.5. The van der Waals surface area contributed by atoms with Crippen molar-refractivity contribution in [2.45, 2.75) is 37.1 Å². The molecule has 162 valence electrons. The molecule has 1 saturated heterocycles. The van der Waals surface area contributed by atoms with E-state index in [9.17, 15) is 14.4 Å². The molecule has 0 spiro atoms. The van der Waals surface area contributed by atoms with E-state index in [0.717, 1.165) is 24.2 Å². The Hall–Kier alpha value is -3.35. The summed E-state index contributed by atoms with van der Waals surface area (Å²) in [7, 11) is 1.56. The lowest BCUT2D eigenvalue weighted by Crippen LogP contribution is -2.49. The number of ether oxygens (including phenoxy) is 1. The van der Waals surface area contributed by atoms with Crippen LogP contribution in [0.15, 0.2) is 54.6 Å². The van der Waals surface area contributed by atoms with Gasteiger partial charge in [-0.3, -0.25) is 14.5 Å². The Kier molecular flexibility index (Phi) is 5.43. The highest BCUT2D eigenvalue weighted by Crippen LogP contribution is 2.43. The van der Waals surface area contributed by atoms with Crippen molar-refractivity contribution in [1.29, 1.82) is 0 Å². The Bertz CT molecular complexity index is 986. The summed E-state index contributed by atoms with van der Waals surface area (Å²) in [6.07, 6.45) is 3.14. The van der Waals surface area contributed by atoms with E-state index in [2.05, 4.69) is 22.8 Å². The van der Waals surface area contributed by atoms with E-state index < -0.39 is 17.5 Å². The molecule has 1 atom stereocenters. The Morgan fingerprint density at radius 2 is 1.74 bits per heavy atom. The quantitative estimate of drug-likeness (QED) is 0.673. The van der Waals surface area contributed by atoms with Gasteiger partial charge in [-0.05, 0) is 43.0 Å². The molecule has 7 nitrogen and oxygen atoms in total. The molecule has 0 aromatic heterocycles. The summed E-state index contributed by atoms with van der Waals surface area (Å²) in [6.45, 7) is 1.84. The van der Waals surface area contributed by atoms with Gasteiger partial charge in [0.05, 0.1) is 7.11 Å². The van der Waals surface area contributed by atoms with Crippen LogP contribution in [0, 0.1) is 0 Å². The largest absolute Gasteiger partial charge is 0.497 e. The molecule has 2 aromatic carbocycles. The first-order valence-corrected chi connectivity index (χ1v) is 10.5. The van der Waals surface area contributed by atoms with E-state index in [-0.39, 0.29) is 17.9 Å². The van der Waals surface area contributed by atoms with E-state index in [4.69, 9.17) is 4.74 Å². The van der Waals surface area contributed by atoms with Gasteiger partial charge >= 0.3 is 6.03 Å². The van der Waals surface area contributed by atoms with Gasteiger partial charge in [-0.1, -0.05) is 48.9 Å². The van der Waals surface area contributed by atoms with Crippen molar-refractivity contribution in [1.82, 2.24) is 15.5 Å². The summed E-state index contributed by atoms with van der Waals surface area (Å²) >= 11 is 0. The topological polar surface area (TPSA) is 87.7 Å². The van der Waals surface area contributed by atoms with Gasteiger partial charge in [0.15, 0.2) is 0 Å². The molecule has 0 radical (unpaired) electrons. The van der Waals surface area contributed by atoms with Crippen molar-refractivity contribution >= 4 is 17.8 Å². The first-order chi connectivity index (χ1) is 14.9. The maximum absolute atomic E-state index is 13.0. The summed E-state index contributed by atoms with van der Waals surface area (Å²) in [5, 5.41) is 5.67. The molecule has 0 unspecified atom stereocenters. The van der Waals surface area contributed by atoms with Crippen molar-refractivity contribution in [3.63, 3.8) is 0 Å². The van der Waals surface area contributed by atoms with E-state index >= 15 is 0 Å². The monoisotopic (exact) mass is 421 g/mol. The molecule has 4 rings (SSSR count). The van der Waals surface area contributed by atoms with Gasteiger partial charge in [0.25, 0.3) is 5.91 Å². The molecule has 1 saturated carbocycles. The number of imide groups is 1. The number of carbonyl (C=O) groups excluding carboxylic acids is 3. The first kappa shape index (κ1) is 20.9. The van der Waals surface area contributed by atoms with Crippen LogP contribution in [0.1, 0.15) is 37.3 Å². The van der Waals surface area contributed by atoms with Crippen LogP contribution in [0.4, 0.5) is 4.79 Å². The Morgan fingerprint density at radius 1 is 1.06 bits per heavy atom. The lowest BCUT2D eigenvalue weighted by Gasteiger charge is -2.42. The SMILES string of the molecule is COc1ccc([C@@]2(C)NC(=O)N(CC(=O)NCC3(c4ccccc4)CCC3)C2=O)cc1. The highest BCUT2D eigenvalue weighted by atomic mass is 16.5. The van der Waals surface area contributed by atoms with E-state index in [1.807, 2.05) is 18.2 Å². The van der Waals surface area contributed by atoms with E-state index in [1.54, 1.807) is 38.3 Å². The van der Waals surface area contributed by atoms with Crippen molar-refractivity contribution in [3.8, 4) is 5.75 Å². The minimum Gasteiger partial charge on any atom is -0.497 e. The summed E-state index contributed by atoms with van der Waals surface area (Å²) < 4.78 is 5.15. The van der Waals surface area contributed by atoms with Crippen LogP contribution >= 0.6 is 0 Å². The number of urea groups is 1. The normalized spacial score (nSPS) is 21.9. The average Bonchev–Trinajstić information content (AvgIpc) is 2.97. The van der Waals surface area contributed by atoms with Crippen molar-refractivity contribution in [3.05, 3.63) is 65.7 Å². The Morgan fingerprint density at radius 3 is 2.32 bits per heavy atom. The van der Waals surface area contributed by atoms with Gasteiger partial charge < -0.3 is 15.4 Å². The molecular formula is C24H27N3O4. The van der Waals surface area contributed by atoms with E-state index in [0.29, 0.717) is 17.9 Å². The zero-order chi connectivity index (χ0) is 22.1. The second-order valence-electron chi connectivity index (χ2n) is 8.45. The fraction of sp³-hybridized carbons (Fsp3) is 0.375. The predicted molar refractivity (Wildman–Crippen MR) is 116 cm³/mol. The van der Waals surface area contributed by atoms with Crippen molar-refractivity contribution < 1.29 is 19.1 Å². The van der Waals surface area contributed by atoms with Gasteiger partial charge in [-0.25, -0.2) is 4.79 Å². The molecule has 7 heteroatoms. The number of amides is 4. The second kappa shape index (κ2) is 8.06. The standard InChI is InChI=1S/C24H27N3O4/c1-23(17-9-11-19(31-2)12-10-17)21(29)27(22(30)26-23)15-20(28)25-16-24(13-6-14-24)18-7-4-3-5-8-18/h3-5,7-12H,6,13-16H2,1-2H3,(H,25,28)(H,26,30)/t23-/m1/s1. The van der Waals surface area contributed by atoms with Crippen molar-refractivity contribution in [2.24, 2.45) is 0 Å². The molecule has 4 amide bonds. The maximum atomic E-state index is 13.0.